The van der Waals surface area contributed by atoms with Gasteiger partial charge in [0.2, 0.25) is 0 Å². The van der Waals surface area contributed by atoms with Crippen molar-refractivity contribution in [1.29, 1.82) is 0 Å². The Bertz CT molecular complexity index is 538. The van der Waals surface area contributed by atoms with E-state index in [0.717, 1.165) is 24.3 Å². The molecule has 2 aromatic rings. The van der Waals surface area contributed by atoms with E-state index in [1.54, 1.807) is 18.3 Å². The van der Waals surface area contributed by atoms with Crippen LogP contribution in [-0.2, 0) is 6.42 Å². The lowest BCUT2D eigenvalue weighted by Gasteiger charge is -2.19. The van der Waals surface area contributed by atoms with Crippen LogP contribution in [0.2, 0.25) is 0 Å². The first-order chi connectivity index (χ1) is 9.16. The van der Waals surface area contributed by atoms with Gasteiger partial charge in [-0.3, -0.25) is 4.98 Å². The molecule has 0 fully saturated rings. The maximum absolute atomic E-state index is 10.8. The highest BCUT2D eigenvalue weighted by Crippen LogP contribution is 2.14. The number of anilines is 1. The number of carboxylic acid groups (broad SMARTS) is 1. The highest BCUT2D eigenvalue weighted by Gasteiger charge is 2.05. The Morgan fingerprint density at radius 2 is 1.95 bits per heavy atom. The minimum absolute atomic E-state index is 0.307. The van der Waals surface area contributed by atoms with Crippen LogP contribution in [0, 0.1) is 0 Å². The van der Waals surface area contributed by atoms with Crippen LogP contribution in [0.1, 0.15) is 16.1 Å². The number of hydrogen-bond donors (Lipinski definition) is 1. The molecule has 0 amide bonds. The first-order valence-corrected chi connectivity index (χ1v) is 6.11. The summed E-state index contributed by atoms with van der Waals surface area (Å²) in [5, 5.41) is 8.84. The summed E-state index contributed by atoms with van der Waals surface area (Å²) < 4.78 is 0. The number of benzene rings is 1. The van der Waals surface area contributed by atoms with Crippen molar-refractivity contribution >= 4 is 11.7 Å². The molecule has 0 saturated heterocycles. The van der Waals surface area contributed by atoms with Gasteiger partial charge in [-0.15, -0.1) is 0 Å². The predicted molar refractivity (Wildman–Crippen MR) is 74.6 cm³/mol. The Hall–Kier alpha value is -2.36. The maximum atomic E-state index is 10.8. The SMILES string of the molecule is CN(CCc1ccccn1)c1ccc(C(=O)O)cc1. The molecule has 0 spiro atoms. The normalized spacial score (nSPS) is 10.2. The van der Waals surface area contributed by atoms with Crippen molar-refractivity contribution in [3.8, 4) is 0 Å². The van der Waals surface area contributed by atoms with Gasteiger partial charge in [-0.1, -0.05) is 6.07 Å². The quantitative estimate of drug-likeness (QED) is 0.892. The summed E-state index contributed by atoms with van der Waals surface area (Å²) in [4.78, 5) is 17.1. The molecule has 98 valence electrons. The molecule has 2 rings (SSSR count). The second-order valence-corrected chi connectivity index (χ2v) is 4.34. The number of hydrogen-bond acceptors (Lipinski definition) is 3. The highest BCUT2D eigenvalue weighted by molar-refractivity contribution is 5.88. The Morgan fingerprint density at radius 3 is 2.53 bits per heavy atom. The van der Waals surface area contributed by atoms with E-state index in [9.17, 15) is 4.79 Å². The van der Waals surface area contributed by atoms with E-state index < -0.39 is 5.97 Å². The van der Waals surface area contributed by atoms with Crippen LogP contribution < -0.4 is 4.90 Å². The summed E-state index contributed by atoms with van der Waals surface area (Å²) in [7, 11) is 1.98. The Kier molecular flexibility index (Phi) is 4.13. The zero-order valence-corrected chi connectivity index (χ0v) is 10.8. The Morgan fingerprint density at radius 1 is 1.21 bits per heavy atom. The molecule has 0 aliphatic rings. The molecule has 1 aromatic heterocycles. The summed E-state index contributed by atoms with van der Waals surface area (Å²) in [5.74, 6) is -0.900. The van der Waals surface area contributed by atoms with Crippen LogP contribution in [0.15, 0.2) is 48.7 Å². The lowest BCUT2D eigenvalue weighted by molar-refractivity contribution is 0.0697. The molecular formula is C15H16N2O2. The molecule has 0 bridgehead atoms. The average molecular weight is 256 g/mol. The number of aromatic carboxylic acids is 1. The van der Waals surface area contributed by atoms with Gasteiger partial charge < -0.3 is 10.0 Å². The topological polar surface area (TPSA) is 53.4 Å². The van der Waals surface area contributed by atoms with E-state index in [-0.39, 0.29) is 0 Å². The average Bonchev–Trinajstić information content (AvgIpc) is 2.46. The van der Waals surface area contributed by atoms with E-state index in [1.165, 1.54) is 0 Å². The lowest BCUT2D eigenvalue weighted by Crippen LogP contribution is -2.20. The van der Waals surface area contributed by atoms with Crippen LogP contribution in [0.3, 0.4) is 0 Å². The molecule has 0 radical (unpaired) electrons. The summed E-state index contributed by atoms with van der Waals surface area (Å²) in [6.45, 7) is 0.837. The summed E-state index contributed by atoms with van der Waals surface area (Å²) in [6.07, 6.45) is 2.65. The number of aromatic nitrogens is 1. The molecule has 0 unspecified atom stereocenters. The van der Waals surface area contributed by atoms with Crippen LogP contribution in [0.5, 0.6) is 0 Å². The fourth-order valence-corrected chi connectivity index (χ4v) is 1.82. The zero-order chi connectivity index (χ0) is 13.7. The van der Waals surface area contributed by atoms with Gasteiger partial charge >= 0.3 is 5.97 Å². The molecule has 4 nitrogen and oxygen atoms in total. The highest BCUT2D eigenvalue weighted by atomic mass is 16.4. The largest absolute Gasteiger partial charge is 0.478 e. The van der Waals surface area contributed by atoms with Crippen LogP contribution in [0.4, 0.5) is 5.69 Å². The number of pyridine rings is 1. The van der Waals surface area contributed by atoms with Gasteiger partial charge in [-0.05, 0) is 36.4 Å². The molecule has 0 atom stereocenters. The van der Waals surface area contributed by atoms with Gasteiger partial charge in [0.1, 0.15) is 0 Å². The fourth-order valence-electron chi connectivity index (χ4n) is 1.82. The monoisotopic (exact) mass is 256 g/mol. The molecule has 4 heteroatoms. The first-order valence-electron chi connectivity index (χ1n) is 6.11. The third kappa shape index (κ3) is 3.55. The van der Waals surface area contributed by atoms with E-state index in [4.69, 9.17) is 5.11 Å². The minimum Gasteiger partial charge on any atom is -0.478 e. The van der Waals surface area contributed by atoms with Crippen LogP contribution in [0.25, 0.3) is 0 Å². The third-order valence-electron chi connectivity index (χ3n) is 2.98. The van der Waals surface area contributed by atoms with E-state index >= 15 is 0 Å². The van der Waals surface area contributed by atoms with Crippen molar-refractivity contribution in [3.63, 3.8) is 0 Å². The van der Waals surface area contributed by atoms with Gasteiger partial charge in [0.05, 0.1) is 5.56 Å². The van der Waals surface area contributed by atoms with E-state index in [0.29, 0.717) is 5.56 Å². The van der Waals surface area contributed by atoms with E-state index in [1.807, 2.05) is 37.4 Å². The van der Waals surface area contributed by atoms with Gasteiger partial charge in [-0.25, -0.2) is 4.79 Å². The zero-order valence-electron chi connectivity index (χ0n) is 10.8. The van der Waals surface area contributed by atoms with E-state index in [2.05, 4.69) is 9.88 Å². The molecule has 1 heterocycles. The van der Waals surface area contributed by atoms with Crippen molar-refractivity contribution in [2.45, 2.75) is 6.42 Å². The standard InChI is InChI=1S/C15H16N2O2/c1-17(11-9-13-4-2-3-10-16-13)14-7-5-12(6-8-14)15(18)19/h2-8,10H,9,11H2,1H3,(H,18,19). The third-order valence-corrected chi connectivity index (χ3v) is 2.98. The fraction of sp³-hybridized carbons (Fsp3) is 0.200. The van der Waals surface area contributed by atoms with Crippen molar-refractivity contribution in [1.82, 2.24) is 4.98 Å². The lowest BCUT2D eigenvalue weighted by atomic mass is 10.2. The molecule has 19 heavy (non-hydrogen) atoms. The van der Waals surface area contributed by atoms with Crippen molar-refractivity contribution in [3.05, 3.63) is 59.9 Å². The number of nitrogens with zero attached hydrogens (tertiary/aromatic N) is 2. The number of likely N-dealkylation sites (N-methyl/N-ethyl adjacent to an activating group) is 1. The molecule has 1 N–H and O–H groups in total. The summed E-state index contributed by atoms with van der Waals surface area (Å²) >= 11 is 0. The number of carboxylic acids is 1. The van der Waals surface area contributed by atoms with Crippen molar-refractivity contribution in [2.75, 3.05) is 18.5 Å². The molecule has 0 aliphatic heterocycles. The summed E-state index contributed by atoms with van der Waals surface area (Å²) in [6, 6.07) is 12.8. The molecule has 0 saturated carbocycles. The smallest absolute Gasteiger partial charge is 0.335 e. The minimum atomic E-state index is -0.900. The van der Waals surface area contributed by atoms with Crippen molar-refractivity contribution in [2.24, 2.45) is 0 Å². The second-order valence-electron chi connectivity index (χ2n) is 4.34. The molecular weight excluding hydrogens is 240 g/mol. The van der Waals surface area contributed by atoms with Gasteiger partial charge in [0.25, 0.3) is 0 Å². The van der Waals surface area contributed by atoms with Gasteiger partial charge in [0.15, 0.2) is 0 Å². The Balaban J connectivity index is 1.96. The molecule has 0 aliphatic carbocycles. The Labute approximate surface area is 112 Å². The van der Waals surface area contributed by atoms with Crippen LogP contribution >= 0.6 is 0 Å². The van der Waals surface area contributed by atoms with Gasteiger partial charge in [-0.2, -0.15) is 0 Å². The van der Waals surface area contributed by atoms with Crippen LogP contribution in [-0.4, -0.2) is 29.7 Å². The predicted octanol–water partition coefficient (Wildman–Crippen LogP) is 2.46. The second kappa shape index (κ2) is 6.00. The summed E-state index contributed by atoms with van der Waals surface area (Å²) in [5.41, 5.74) is 2.36. The number of rotatable bonds is 5. The maximum Gasteiger partial charge on any atom is 0.335 e. The van der Waals surface area contributed by atoms with Gasteiger partial charge in [0, 0.05) is 37.6 Å². The van der Waals surface area contributed by atoms with Crippen molar-refractivity contribution < 1.29 is 9.90 Å². The first kappa shape index (κ1) is 13.1. The number of carbonyl (C=O) groups is 1. The molecule has 1 aromatic carbocycles.